The lowest BCUT2D eigenvalue weighted by molar-refractivity contribution is -0.0423. The maximum atomic E-state index is 11.4. The van der Waals surface area contributed by atoms with Crippen LogP contribution < -0.4 is 10.6 Å². The Kier molecular flexibility index (Phi) is 2.96. The molecule has 3 rings (SSSR count). The van der Waals surface area contributed by atoms with Crippen LogP contribution in [0.1, 0.15) is 6.92 Å². The molecule has 2 N–H and O–H groups in total. The number of aliphatic hydroxyl groups is 1. The molecule has 0 spiro atoms. The molecule has 1 saturated heterocycles. The van der Waals surface area contributed by atoms with E-state index in [1.54, 1.807) is 6.07 Å². The van der Waals surface area contributed by atoms with Gasteiger partial charge in [0.05, 0.1) is 18.8 Å². The molecule has 1 aliphatic heterocycles. The van der Waals surface area contributed by atoms with Crippen LogP contribution in [0.3, 0.4) is 0 Å². The molecule has 0 radical (unpaired) electrons. The van der Waals surface area contributed by atoms with Gasteiger partial charge in [0.2, 0.25) is 0 Å². The Morgan fingerprint density at radius 2 is 2.42 bits per heavy atom. The summed E-state index contributed by atoms with van der Waals surface area (Å²) in [6.07, 6.45) is 1.25. The standard InChI is InChI=1S/C11H15N5O3/c1-7-3-15(4-8(5-17)19-7)9-2-10-13-14-11(18)16(10)6-12-9/h2,6-8,17H,3-5H2,1H3,(H,14,18). The van der Waals surface area contributed by atoms with Crippen molar-refractivity contribution in [3.8, 4) is 0 Å². The fourth-order valence-electron chi connectivity index (χ4n) is 2.31. The first-order valence-corrected chi connectivity index (χ1v) is 6.11. The number of fused-ring (bicyclic) bond motifs is 1. The van der Waals surface area contributed by atoms with Crippen molar-refractivity contribution in [3.63, 3.8) is 0 Å². The monoisotopic (exact) mass is 265 g/mol. The van der Waals surface area contributed by atoms with Crippen LogP contribution in [0.4, 0.5) is 5.82 Å². The molecular weight excluding hydrogens is 250 g/mol. The van der Waals surface area contributed by atoms with Crippen molar-refractivity contribution in [2.45, 2.75) is 19.1 Å². The highest BCUT2D eigenvalue weighted by Crippen LogP contribution is 2.18. The molecule has 0 aromatic carbocycles. The molecule has 0 amide bonds. The number of morpholine rings is 1. The smallest absolute Gasteiger partial charge is 0.348 e. The van der Waals surface area contributed by atoms with Gasteiger partial charge in [-0.15, -0.1) is 0 Å². The molecule has 2 atom stereocenters. The van der Waals surface area contributed by atoms with Gasteiger partial charge in [-0.25, -0.2) is 19.3 Å². The van der Waals surface area contributed by atoms with E-state index in [4.69, 9.17) is 4.74 Å². The Labute approximate surface area is 108 Å². The van der Waals surface area contributed by atoms with E-state index in [2.05, 4.69) is 15.2 Å². The summed E-state index contributed by atoms with van der Waals surface area (Å²) in [4.78, 5) is 17.6. The van der Waals surface area contributed by atoms with Gasteiger partial charge in [-0.3, -0.25) is 0 Å². The predicted molar refractivity (Wildman–Crippen MR) is 67.2 cm³/mol. The van der Waals surface area contributed by atoms with Gasteiger partial charge in [0, 0.05) is 19.2 Å². The third-order valence-corrected chi connectivity index (χ3v) is 3.15. The van der Waals surface area contributed by atoms with Crippen molar-refractivity contribution in [1.29, 1.82) is 0 Å². The summed E-state index contributed by atoms with van der Waals surface area (Å²) in [7, 11) is 0. The van der Waals surface area contributed by atoms with Crippen LogP contribution in [0, 0.1) is 0 Å². The predicted octanol–water partition coefficient (Wildman–Crippen LogP) is -0.996. The van der Waals surface area contributed by atoms with Crippen LogP contribution in [-0.2, 0) is 4.74 Å². The van der Waals surface area contributed by atoms with Gasteiger partial charge in [-0.2, -0.15) is 5.10 Å². The largest absolute Gasteiger partial charge is 0.394 e. The van der Waals surface area contributed by atoms with E-state index in [1.807, 2.05) is 11.8 Å². The molecule has 8 heteroatoms. The number of rotatable bonds is 2. The number of aromatic nitrogens is 4. The number of nitrogens with one attached hydrogen (secondary N) is 1. The number of nitrogens with zero attached hydrogens (tertiary/aromatic N) is 4. The van der Waals surface area contributed by atoms with Gasteiger partial charge in [0.15, 0.2) is 5.65 Å². The van der Waals surface area contributed by atoms with E-state index in [0.717, 1.165) is 5.82 Å². The molecule has 3 heterocycles. The lowest BCUT2D eigenvalue weighted by Crippen LogP contribution is -2.48. The molecule has 0 saturated carbocycles. The fraction of sp³-hybridized carbons (Fsp3) is 0.545. The van der Waals surface area contributed by atoms with Crippen LogP contribution in [0.2, 0.25) is 0 Å². The van der Waals surface area contributed by atoms with Gasteiger partial charge in [-0.05, 0) is 6.92 Å². The molecule has 2 unspecified atom stereocenters. The summed E-state index contributed by atoms with van der Waals surface area (Å²) in [5.41, 5.74) is 0.215. The summed E-state index contributed by atoms with van der Waals surface area (Å²) >= 11 is 0. The van der Waals surface area contributed by atoms with Crippen LogP contribution in [-0.4, -0.2) is 56.6 Å². The first-order valence-electron chi connectivity index (χ1n) is 6.11. The second-order valence-electron chi connectivity index (χ2n) is 4.66. The molecular formula is C11H15N5O3. The average molecular weight is 265 g/mol. The third-order valence-electron chi connectivity index (χ3n) is 3.15. The fourth-order valence-corrected chi connectivity index (χ4v) is 2.31. The molecule has 1 fully saturated rings. The van der Waals surface area contributed by atoms with Crippen molar-refractivity contribution in [2.24, 2.45) is 0 Å². The summed E-state index contributed by atoms with van der Waals surface area (Å²) < 4.78 is 6.93. The maximum Gasteiger partial charge on any atom is 0.348 e. The molecule has 102 valence electrons. The van der Waals surface area contributed by atoms with Gasteiger partial charge in [0.25, 0.3) is 0 Å². The number of hydrogen-bond donors (Lipinski definition) is 2. The number of H-pyrrole nitrogens is 1. The molecule has 19 heavy (non-hydrogen) atoms. The zero-order valence-corrected chi connectivity index (χ0v) is 10.5. The van der Waals surface area contributed by atoms with Gasteiger partial charge < -0.3 is 14.7 Å². The minimum atomic E-state index is -0.308. The first-order chi connectivity index (χ1) is 9.17. The van der Waals surface area contributed by atoms with E-state index in [0.29, 0.717) is 18.7 Å². The highest BCUT2D eigenvalue weighted by Gasteiger charge is 2.25. The van der Waals surface area contributed by atoms with E-state index in [-0.39, 0.29) is 24.5 Å². The number of hydrogen-bond acceptors (Lipinski definition) is 6. The topological polar surface area (TPSA) is 95.8 Å². The average Bonchev–Trinajstić information content (AvgIpc) is 2.79. The summed E-state index contributed by atoms with van der Waals surface area (Å²) in [6.45, 7) is 3.18. The number of ether oxygens (including phenoxy) is 1. The maximum absolute atomic E-state index is 11.4. The lowest BCUT2D eigenvalue weighted by Gasteiger charge is -2.36. The van der Waals surface area contributed by atoms with Crippen molar-refractivity contribution < 1.29 is 9.84 Å². The zero-order valence-electron chi connectivity index (χ0n) is 10.5. The Hall–Kier alpha value is -1.93. The minimum absolute atomic E-state index is 0.0188. The molecule has 0 bridgehead atoms. The quantitative estimate of drug-likeness (QED) is 0.723. The van der Waals surface area contributed by atoms with Gasteiger partial charge in [-0.1, -0.05) is 0 Å². The molecule has 2 aromatic rings. The minimum Gasteiger partial charge on any atom is -0.394 e. The van der Waals surface area contributed by atoms with Crippen molar-refractivity contribution in [1.82, 2.24) is 19.6 Å². The number of aromatic amines is 1. The van der Waals surface area contributed by atoms with Crippen LogP contribution >= 0.6 is 0 Å². The molecule has 0 aliphatic carbocycles. The normalized spacial score (nSPS) is 24.0. The van der Waals surface area contributed by atoms with Crippen molar-refractivity contribution >= 4 is 11.5 Å². The summed E-state index contributed by atoms with van der Waals surface area (Å²) in [6, 6.07) is 1.74. The highest BCUT2D eigenvalue weighted by molar-refractivity contribution is 5.50. The Morgan fingerprint density at radius 1 is 1.58 bits per heavy atom. The van der Waals surface area contributed by atoms with Crippen LogP contribution in [0.5, 0.6) is 0 Å². The van der Waals surface area contributed by atoms with Crippen molar-refractivity contribution in [2.75, 3.05) is 24.6 Å². The second-order valence-corrected chi connectivity index (χ2v) is 4.66. The Morgan fingerprint density at radius 3 is 3.21 bits per heavy atom. The van der Waals surface area contributed by atoms with Crippen LogP contribution in [0.15, 0.2) is 17.2 Å². The lowest BCUT2D eigenvalue weighted by atomic mass is 10.2. The first kappa shape index (κ1) is 12.1. The molecule has 8 nitrogen and oxygen atoms in total. The summed E-state index contributed by atoms with van der Waals surface area (Å²) in [5, 5.41) is 15.5. The van der Waals surface area contributed by atoms with Gasteiger partial charge in [0.1, 0.15) is 12.1 Å². The Bertz CT molecular complexity index is 637. The summed E-state index contributed by atoms with van der Waals surface area (Å²) in [5.74, 6) is 0.722. The number of anilines is 1. The van der Waals surface area contributed by atoms with Crippen molar-refractivity contribution in [3.05, 3.63) is 22.9 Å². The van der Waals surface area contributed by atoms with Gasteiger partial charge >= 0.3 is 5.69 Å². The second kappa shape index (κ2) is 4.63. The van der Waals surface area contributed by atoms with E-state index in [9.17, 15) is 9.90 Å². The van der Waals surface area contributed by atoms with E-state index in [1.165, 1.54) is 10.7 Å². The van der Waals surface area contributed by atoms with E-state index >= 15 is 0 Å². The van der Waals surface area contributed by atoms with E-state index < -0.39 is 0 Å². The Balaban J connectivity index is 1.92. The SMILES string of the molecule is CC1CN(c2cc3n[nH]c(=O)n3cn2)CC(CO)O1. The zero-order chi connectivity index (χ0) is 13.4. The third kappa shape index (κ3) is 2.20. The molecule has 1 aliphatic rings. The molecule has 2 aromatic heterocycles. The highest BCUT2D eigenvalue weighted by atomic mass is 16.5. The number of aliphatic hydroxyl groups excluding tert-OH is 1. The van der Waals surface area contributed by atoms with Crippen LogP contribution in [0.25, 0.3) is 5.65 Å².